The van der Waals surface area contributed by atoms with Crippen LogP contribution in [0.2, 0.25) is 0 Å². The van der Waals surface area contributed by atoms with E-state index in [2.05, 4.69) is 34.0 Å². The van der Waals surface area contributed by atoms with Crippen molar-refractivity contribution in [2.24, 2.45) is 5.10 Å². The first-order chi connectivity index (χ1) is 11.6. The minimum absolute atomic E-state index is 0.261. The van der Waals surface area contributed by atoms with Crippen LogP contribution in [0, 0.1) is 13.8 Å². The van der Waals surface area contributed by atoms with E-state index >= 15 is 0 Å². The molecule has 7 nitrogen and oxygen atoms in total. The number of nitrogens with one attached hydrogen (secondary N) is 1. The summed E-state index contributed by atoms with van der Waals surface area (Å²) in [5.74, 6) is 1.00. The lowest BCUT2D eigenvalue weighted by molar-refractivity contribution is 0.0529. The lowest BCUT2D eigenvalue weighted by Crippen LogP contribution is -2.29. The molecule has 25 heavy (non-hydrogen) atoms. The molecule has 7 heteroatoms. The van der Waals surface area contributed by atoms with E-state index in [1.165, 1.54) is 0 Å². The molecule has 2 rings (SSSR count). The van der Waals surface area contributed by atoms with Gasteiger partial charge in [0.05, 0.1) is 12.4 Å². The third-order valence-electron chi connectivity index (χ3n) is 3.60. The van der Waals surface area contributed by atoms with Gasteiger partial charge in [-0.1, -0.05) is 0 Å². The average molecular weight is 345 g/mol. The summed E-state index contributed by atoms with van der Waals surface area (Å²) in [4.78, 5) is 11.6. The highest BCUT2D eigenvalue weighted by Gasteiger charge is 2.16. The van der Waals surface area contributed by atoms with Crippen LogP contribution in [0.25, 0.3) is 5.82 Å². The molecule has 0 aliphatic rings. The van der Waals surface area contributed by atoms with Crippen LogP contribution in [0.5, 0.6) is 0 Å². The van der Waals surface area contributed by atoms with Gasteiger partial charge in [-0.05, 0) is 54.5 Å². The van der Waals surface area contributed by atoms with E-state index in [1.807, 2.05) is 51.4 Å². The molecule has 0 fully saturated rings. The first-order valence-electron chi connectivity index (χ1n) is 8.35. The second-order valence-electron chi connectivity index (χ2n) is 7.26. The molecular weight excluding hydrogens is 318 g/mol. The standard InChI is InChI=1S/C18H27N5O2/c1-12(2)23-16(8-9-20-23)22-13(3)10-15(14(22)4)11-19-21-17(24)25-18(5,6)7/h8-12H,1-7H3,(H,21,24)/b19-11-. The molecule has 0 bridgehead atoms. The molecule has 136 valence electrons. The smallest absolute Gasteiger partial charge is 0.428 e. The maximum atomic E-state index is 11.6. The van der Waals surface area contributed by atoms with Crippen LogP contribution in [0.15, 0.2) is 23.4 Å². The number of aryl methyl sites for hydroxylation is 1. The van der Waals surface area contributed by atoms with E-state index in [0.29, 0.717) is 0 Å². The second kappa shape index (κ2) is 7.13. The Labute approximate surface area is 148 Å². The summed E-state index contributed by atoms with van der Waals surface area (Å²) in [5.41, 5.74) is 4.85. The monoisotopic (exact) mass is 345 g/mol. The lowest BCUT2D eigenvalue weighted by atomic mass is 10.2. The van der Waals surface area contributed by atoms with Crippen LogP contribution >= 0.6 is 0 Å². The molecule has 0 saturated heterocycles. The van der Waals surface area contributed by atoms with Gasteiger partial charge >= 0.3 is 6.09 Å². The highest BCUT2D eigenvalue weighted by Crippen LogP contribution is 2.21. The van der Waals surface area contributed by atoms with Crippen LogP contribution in [0.4, 0.5) is 4.79 Å². The van der Waals surface area contributed by atoms with Gasteiger partial charge in [-0.15, -0.1) is 0 Å². The van der Waals surface area contributed by atoms with E-state index in [0.717, 1.165) is 22.8 Å². The summed E-state index contributed by atoms with van der Waals surface area (Å²) >= 11 is 0. The lowest BCUT2D eigenvalue weighted by Gasteiger charge is -2.18. The van der Waals surface area contributed by atoms with Gasteiger partial charge in [-0.2, -0.15) is 10.2 Å². The number of nitrogens with zero attached hydrogens (tertiary/aromatic N) is 4. The van der Waals surface area contributed by atoms with Gasteiger partial charge in [0.1, 0.15) is 11.4 Å². The van der Waals surface area contributed by atoms with Gasteiger partial charge in [0, 0.05) is 29.1 Å². The van der Waals surface area contributed by atoms with Gasteiger partial charge in [0.2, 0.25) is 0 Å². The van der Waals surface area contributed by atoms with Crippen molar-refractivity contribution < 1.29 is 9.53 Å². The molecule has 0 radical (unpaired) electrons. The molecule has 1 amide bonds. The maximum absolute atomic E-state index is 11.6. The largest absolute Gasteiger partial charge is 0.443 e. The Hall–Kier alpha value is -2.57. The number of hydrogen-bond donors (Lipinski definition) is 1. The first-order valence-corrected chi connectivity index (χ1v) is 8.35. The zero-order valence-electron chi connectivity index (χ0n) is 16.0. The number of carbonyl (C=O) groups excluding carboxylic acids is 1. The number of rotatable bonds is 4. The fourth-order valence-corrected chi connectivity index (χ4v) is 2.61. The van der Waals surface area contributed by atoms with Crippen molar-refractivity contribution in [3.63, 3.8) is 0 Å². The zero-order valence-corrected chi connectivity index (χ0v) is 16.0. The van der Waals surface area contributed by atoms with Gasteiger partial charge in [-0.3, -0.25) is 0 Å². The number of hydrogen-bond acceptors (Lipinski definition) is 4. The summed E-state index contributed by atoms with van der Waals surface area (Å²) in [6.45, 7) is 13.7. The highest BCUT2D eigenvalue weighted by molar-refractivity contribution is 5.83. The normalized spacial score (nSPS) is 12.2. The maximum Gasteiger partial charge on any atom is 0.428 e. The second-order valence-corrected chi connectivity index (χ2v) is 7.26. The number of carbonyl (C=O) groups is 1. The third kappa shape index (κ3) is 4.49. The molecule has 2 aromatic heterocycles. The van der Waals surface area contributed by atoms with Crippen LogP contribution in [0.1, 0.15) is 57.6 Å². The molecule has 0 spiro atoms. The quantitative estimate of drug-likeness (QED) is 0.678. The molecule has 0 atom stereocenters. The van der Waals surface area contributed by atoms with Crippen molar-refractivity contribution in [2.75, 3.05) is 0 Å². The number of hydrazone groups is 1. The predicted octanol–water partition coefficient (Wildman–Crippen LogP) is 3.73. The van der Waals surface area contributed by atoms with E-state index in [-0.39, 0.29) is 6.04 Å². The Kier molecular flexibility index (Phi) is 5.35. The van der Waals surface area contributed by atoms with E-state index in [1.54, 1.807) is 12.4 Å². The molecule has 0 aromatic carbocycles. The summed E-state index contributed by atoms with van der Waals surface area (Å²) in [5, 5.41) is 8.39. The number of amides is 1. The van der Waals surface area contributed by atoms with Crippen LogP contribution < -0.4 is 5.43 Å². The number of aromatic nitrogens is 3. The first kappa shape index (κ1) is 18.8. The van der Waals surface area contributed by atoms with Crippen LogP contribution in [-0.4, -0.2) is 32.3 Å². The van der Waals surface area contributed by atoms with Crippen molar-refractivity contribution in [3.05, 3.63) is 35.3 Å². The topological polar surface area (TPSA) is 73.4 Å². The van der Waals surface area contributed by atoms with Crippen LogP contribution in [-0.2, 0) is 4.74 Å². The fourth-order valence-electron chi connectivity index (χ4n) is 2.61. The molecule has 0 aliphatic carbocycles. The Morgan fingerprint density at radius 3 is 2.64 bits per heavy atom. The number of ether oxygens (including phenoxy) is 1. The minimum Gasteiger partial charge on any atom is -0.443 e. The van der Waals surface area contributed by atoms with Gasteiger partial charge in [0.25, 0.3) is 0 Å². The molecule has 0 aliphatic heterocycles. The van der Waals surface area contributed by atoms with Crippen LogP contribution in [0.3, 0.4) is 0 Å². The molecule has 2 heterocycles. The Morgan fingerprint density at radius 1 is 1.36 bits per heavy atom. The van der Waals surface area contributed by atoms with E-state index < -0.39 is 11.7 Å². The predicted molar refractivity (Wildman–Crippen MR) is 98.4 cm³/mol. The molecule has 0 unspecified atom stereocenters. The van der Waals surface area contributed by atoms with E-state index in [9.17, 15) is 4.79 Å². The van der Waals surface area contributed by atoms with Gasteiger partial charge < -0.3 is 9.30 Å². The summed E-state index contributed by atoms with van der Waals surface area (Å²) in [6, 6.07) is 4.27. The van der Waals surface area contributed by atoms with Gasteiger partial charge in [0.15, 0.2) is 0 Å². The van der Waals surface area contributed by atoms with E-state index in [4.69, 9.17) is 4.74 Å². The van der Waals surface area contributed by atoms with Gasteiger partial charge in [-0.25, -0.2) is 14.9 Å². The molecule has 1 N–H and O–H groups in total. The van der Waals surface area contributed by atoms with Crippen molar-refractivity contribution in [3.8, 4) is 5.82 Å². The minimum atomic E-state index is -0.574. The summed E-state index contributed by atoms with van der Waals surface area (Å²) in [6.07, 6.45) is 2.85. The zero-order chi connectivity index (χ0) is 18.8. The van der Waals surface area contributed by atoms with Crippen molar-refractivity contribution in [2.45, 2.75) is 60.1 Å². The average Bonchev–Trinajstić information content (AvgIpc) is 3.02. The summed E-state index contributed by atoms with van der Waals surface area (Å²) < 4.78 is 9.25. The third-order valence-corrected chi connectivity index (χ3v) is 3.60. The molecule has 0 saturated carbocycles. The van der Waals surface area contributed by atoms with Crippen molar-refractivity contribution in [1.29, 1.82) is 0 Å². The van der Waals surface area contributed by atoms with Crippen molar-refractivity contribution >= 4 is 12.3 Å². The SMILES string of the molecule is Cc1cc(/C=N\NC(=O)OC(C)(C)C)c(C)n1-c1ccnn1C(C)C. The highest BCUT2D eigenvalue weighted by atomic mass is 16.6. The fraction of sp³-hybridized carbons (Fsp3) is 0.500. The molecular formula is C18H27N5O2. The Bertz CT molecular complexity index is 778. The van der Waals surface area contributed by atoms with Crippen molar-refractivity contribution in [1.82, 2.24) is 19.8 Å². The summed E-state index contributed by atoms with van der Waals surface area (Å²) in [7, 11) is 0. The molecule has 2 aromatic rings. The Morgan fingerprint density at radius 2 is 2.04 bits per heavy atom. The Balaban J connectivity index is 2.21.